The van der Waals surface area contributed by atoms with E-state index in [1.165, 1.54) is 41.7 Å². The molecular weight excluding hydrogens is 284 g/mol. The molecule has 1 aliphatic carbocycles. The van der Waals surface area contributed by atoms with E-state index in [0.29, 0.717) is 30.5 Å². The molecule has 5 rings (SSSR count). The third kappa shape index (κ3) is 1.49. The van der Waals surface area contributed by atoms with Gasteiger partial charge in [0, 0.05) is 37.1 Å². The molecule has 1 aromatic carbocycles. The first-order valence-corrected chi connectivity index (χ1v) is 9.10. The van der Waals surface area contributed by atoms with Crippen LogP contribution in [0.5, 0.6) is 0 Å². The molecule has 4 aliphatic rings. The van der Waals surface area contributed by atoms with E-state index in [4.69, 9.17) is 0 Å². The predicted octanol–water partition coefficient (Wildman–Crippen LogP) is 2.53. The SMILES string of the molecule is C/C=C1\C[N+]2(C)CC[C@]34c5ccccc5NC3[C@H](CO)[C@H]1CC42. The van der Waals surface area contributed by atoms with E-state index in [1.54, 1.807) is 5.57 Å². The van der Waals surface area contributed by atoms with Crippen molar-refractivity contribution in [2.24, 2.45) is 11.8 Å². The number of nitrogens with one attached hydrogen (secondary N) is 1. The summed E-state index contributed by atoms with van der Waals surface area (Å²) in [7, 11) is 2.47. The highest BCUT2D eigenvalue weighted by atomic mass is 16.3. The van der Waals surface area contributed by atoms with E-state index in [-0.39, 0.29) is 5.41 Å². The molecule has 122 valence electrons. The Morgan fingerprint density at radius 1 is 1.39 bits per heavy atom. The van der Waals surface area contributed by atoms with Gasteiger partial charge >= 0.3 is 0 Å². The largest absolute Gasteiger partial charge is 0.396 e. The summed E-state index contributed by atoms with van der Waals surface area (Å²) < 4.78 is 1.20. The Kier molecular flexibility index (Phi) is 2.69. The smallest absolute Gasteiger partial charge is 0.102 e. The highest BCUT2D eigenvalue weighted by Crippen LogP contribution is 2.62. The number of piperidine rings is 1. The number of rotatable bonds is 1. The maximum absolute atomic E-state index is 10.3. The van der Waals surface area contributed by atoms with Gasteiger partial charge in [0.1, 0.15) is 12.6 Å². The van der Waals surface area contributed by atoms with Gasteiger partial charge in [-0.25, -0.2) is 0 Å². The molecule has 1 saturated carbocycles. The van der Waals surface area contributed by atoms with Gasteiger partial charge in [0.2, 0.25) is 0 Å². The first kappa shape index (κ1) is 14.1. The van der Waals surface area contributed by atoms with Crippen LogP contribution in [0.25, 0.3) is 0 Å². The summed E-state index contributed by atoms with van der Waals surface area (Å²) in [5.41, 5.74) is 4.65. The van der Waals surface area contributed by atoms with Crippen molar-refractivity contribution in [1.29, 1.82) is 0 Å². The van der Waals surface area contributed by atoms with Gasteiger partial charge in [0.15, 0.2) is 0 Å². The summed E-state index contributed by atoms with van der Waals surface area (Å²) in [5.74, 6) is 0.899. The lowest BCUT2D eigenvalue weighted by atomic mass is 9.55. The van der Waals surface area contributed by atoms with Crippen LogP contribution < -0.4 is 5.32 Å². The molecule has 2 N–H and O–H groups in total. The highest BCUT2D eigenvalue weighted by molar-refractivity contribution is 5.64. The maximum atomic E-state index is 10.3. The zero-order valence-electron chi connectivity index (χ0n) is 14.1. The molecular formula is C20H27N2O+. The second kappa shape index (κ2) is 4.40. The van der Waals surface area contributed by atoms with Gasteiger partial charge in [-0.15, -0.1) is 0 Å². The fraction of sp³-hybridized carbons (Fsp3) is 0.600. The van der Waals surface area contributed by atoms with Gasteiger partial charge in [-0.1, -0.05) is 24.3 Å². The molecule has 0 radical (unpaired) electrons. The molecule has 23 heavy (non-hydrogen) atoms. The first-order chi connectivity index (χ1) is 11.1. The zero-order chi connectivity index (χ0) is 15.8. The van der Waals surface area contributed by atoms with E-state index in [0.717, 1.165) is 0 Å². The first-order valence-electron chi connectivity index (χ1n) is 9.10. The van der Waals surface area contributed by atoms with Gasteiger partial charge in [-0.05, 0) is 30.0 Å². The van der Waals surface area contributed by atoms with Crippen LogP contribution in [-0.4, -0.2) is 48.4 Å². The van der Waals surface area contributed by atoms with Crippen molar-refractivity contribution in [3.05, 3.63) is 41.5 Å². The van der Waals surface area contributed by atoms with Gasteiger partial charge in [-0.3, -0.25) is 0 Å². The predicted molar refractivity (Wildman–Crippen MR) is 92.3 cm³/mol. The van der Waals surface area contributed by atoms with Gasteiger partial charge in [0.05, 0.1) is 19.0 Å². The molecule has 3 unspecified atom stereocenters. The summed E-state index contributed by atoms with van der Waals surface area (Å²) in [6, 6.07) is 10.0. The van der Waals surface area contributed by atoms with Crippen LogP contribution in [0.4, 0.5) is 5.69 Å². The Balaban J connectivity index is 1.74. The van der Waals surface area contributed by atoms with Crippen LogP contribution in [0.2, 0.25) is 0 Å². The maximum Gasteiger partial charge on any atom is 0.102 e. The Morgan fingerprint density at radius 2 is 2.22 bits per heavy atom. The number of benzene rings is 1. The monoisotopic (exact) mass is 311 g/mol. The van der Waals surface area contributed by atoms with Crippen molar-refractivity contribution in [1.82, 2.24) is 0 Å². The number of para-hydroxylation sites is 1. The minimum Gasteiger partial charge on any atom is -0.396 e. The average Bonchev–Trinajstić information content (AvgIpc) is 3.08. The molecule has 3 nitrogen and oxygen atoms in total. The molecule has 1 spiro atoms. The van der Waals surface area contributed by atoms with Crippen molar-refractivity contribution in [3.8, 4) is 0 Å². The molecule has 0 amide bonds. The Labute approximate surface area is 138 Å². The normalized spacial score (nSPS) is 48.0. The summed E-state index contributed by atoms with van der Waals surface area (Å²) in [6.45, 7) is 4.93. The molecule has 2 saturated heterocycles. The number of hydrogen-bond acceptors (Lipinski definition) is 2. The number of aliphatic hydroxyl groups excluding tert-OH is 1. The topological polar surface area (TPSA) is 32.3 Å². The summed E-state index contributed by atoms with van der Waals surface area (Å²) in [4.78, 5) is 0. The van der Waals surface area contributed by atoms with Crippen molar-refractivity contribution < 1.29 is 9.59 Å². The molecule has 3 heteroatoms. The molecule has 0 aromatic heterocycles. The number of aliphatic hydroxyl groups is 1. The fourth-order valence-electron chi connectivity index (χ4n) is 6.76. The second-order valence-electron chi connectivity index (χ2n) is 8.39. The minimum absolute atomic E-state index is 0.231. The average molecular weight is 311 g/mol. The molecule has 3 heterocycles. The van der Waals surface area contributed by atoms with E-state index in [2.05, 4.69) is 49.6 Å². The fourth-order valence-corrected chi connectivity index (χ4v) is 6.76. The van der Waals surface area contributed by atoms with Crippen LogP contribution in [0, 0.1) is 11.8 Å². The zero-order valence-corrected chi connectivity index (χ0v) is 14.1. The summed E-state index contributed by atoms with van der Waals surface area (Å²) in [5, 5.41) is 14.1. The van der Waals surface area contributed by atoms with Crippen LogP contribution in [0.15, 0.2) is 35.9 Å². The van der Waals surface area contributed by atoms with Crippen molar-refractivity contribution in [3.63, 3.8) is 0 Å². The van der Waals surface area contributed by atoms with Crippen molar-refractivity contribution in [2.75, 3.05) is 32.1 Å². The molecule has 1 aromatic rings. The lowest BCUT2D eigenvalue weighted by Crippen LogP contribution is -2.67. The lowest BCUT2D eigenvalue weighted by molar-refractivity contribution is -0.925. The third-order valence-electron chi connectivity index (χ3n) is 7.70. The van der Waals surface area contributed by atoms with Crippen LogP contribution in [-0.2, 0) is 5.41 Å². The van der Waals surface area contributed by atoms with Crippen LogP contribution >= 0.6 is 0 Å². The van der Waals surface area contributed by atoms with Gasteiger partial charge in [0.25, 0.3) is 0 Å². The van der Waals surface area contributed by atoms with Gasteiger partial charge in [-0.2, -0.15) is 0 Å². The lowest BCUT2D eigenvalue weighted by Gasteiger charge is -2.56. The summed E-state index contributed by atoms with van der Waals surface area (Å²) >= 11 is 0. The standard InChI is InChI=1S/C20H27N2O/c1-3-13-11-22(2)9-8-20-16-6-4-5-7-17(16)21-19(20)15(12-23)14(13)10-18(20)22/h3-7,14-15,18-19,21,23H,8-12H2,1-2H3/q+1/b13-3+/t14-,15+,18?,19?,20+,22?/m0/s1. The number of quaternary nitrogens is 1. The van der Waals surface area contributed by atoms with E-state index in [1.807, 2.05) is 0 Å². The molecule has 2 bridgehead atoms. The van der Waals surface area contributed by atoms with Crippen LogP contribution in [0.3, 0.4) is 0 Å². The van der Waals surface area contributed by atoms with Crippen molar-refractivity contribution in [2.45, 2.75) is 37.3 Å². The van der Waals surface area contributed by atoms with Crippen molar-refractivity contribution >= 4 is 5.69 Å². The van der Waals surface area contributed by atoms with E-state index >= 15 is 0 Å². The highest BCUT2D eigenvalue weighted by Gasteiger charge is 2.70. The molecule has 3 fully saturated rings. The van der Waals surface area contributed by atoms with E-state index < -0.39 is 0 Å². The summed E-state index contributed by atoms with van der Waals surface area (Å²) in [6.07, 6.45) is 4.83. The number of allylic oxidation sites excluding steroid dienone is 1. The third-order valence-corrected chi connectivity index (χ3v) is 7.70. The Morgan fingerprint density at radius 3 is 3.00 bits per heavy atom. The number of hydrogen-bond donors (Lipinski definition) is 2. The Hall–Kier alpha value is -1.32. The Bertz CT molecular complexity index is 699. The number of nitrogens with zero attached hydrogens (tertiary/aromatic N) is 1. The van der Waals surface area contributed by atoms with Gasteiger partial charge < -0.3 is 14.9 Å². The molecule has 6 atom stereocenters. The quantitative estimate of drug-likeness (QED) is 0.617. The second-order valence-corrected chi connectivity index (χ2v) is 8.39. The number of anilines is 1. The molecule has 3 aliphatic heterocycles. The van der Waals surface area contributed by atoms with Crippen LogP contribution in [0.1, 0.15) is 25.3 Å². The number of likely N-dealkylation sites (N-methyl/N-ethyl adjacent to an activating group) is 1. The van der Waals surface area contributed by atoms with E-state index in [9.17, 15) is 5.11 Å². The number of fused-ring (bicyclic) bond motifs is 2. The minimum atomic E-state index is 0.231.